The largest absolute Gasteiger partial charge is 0.295 e. The molecule has 3 rings (SSSR count). The molecule has 2 aromatic rings. The highest BCUT2D eigenvalue weighted by atomic mass is 35.5. The second-order valence-corrected chi connectivity index (χ2v) is 6.23. The number of fused-ring (bicyclic) bond motifs is 1. The summed E-state index contributed by atoms with van der Waals surface area (Å²) in [6.07, 6.45) is 2.55. The number of hydrogen-bond acceptors (Lipinski definition) is 6. The average Bonchev–Trinajstić information content (AvgIpc) is 2.90. The molecule has 8 nitrogen and oxygen atoms in total. The Balaban J connectivity index is 1.51. The summed E-state index contributed by atoms with van der Waals surface area (Å²) in [6, 6.07) is 11.0. The van der Waals surface area contributed by atoms with Gasteiger partial charge in [0, 0.05) is 23.8 Å². The van der Waals surface area contributed by atoms with Crippen molar-refractivity contribution in [3.63, 3.8) is 0 Å². The topological polar surface area (TPSA) is 105 Å². The molecule has 0 saturated heterocycles. The van der Waals surface area contributed by atoms with Crippen LogP contribution < -0.4 is 5.43 Å². The first-order chi connectivity index (χ1) is 13.0. The Morgan fingerprint density at radius 2 is 1.81 bits per heavy atom. The molecule has 9 heteroatoms. The number of benzene rings is 2. The van der Waals surface area contributed by atoms with E-state index in [4.69, 9.17) is 11.6 Å². The Bertz CT molecular complexity index is 910. The van der Waals surface area contributed by atoms with Crippen LogP contribution in [-0.4, -0.2) is 34.4 Å². The highest BCUT2D eigenvalue weighted by molar-refractivity contribution is 6.30. The van der Waals surface area contributed by atoms with Crippen molar-refractivity contribution >= 4 is 41.0 Å². The van der Waals surface area contributed by atoms with Gasteiger partial charge < -0.3 is 0 Å². The number of nitrogens with zero attached hydrogens (tertiary/aromatic N) is 3. The summed E-state index contributed by atoms with van der Waals surface area (Å²) >= 11 is 5.75. The van der Waals surface area contributed by atoms with Crippen LogP contribution in [0.3, 0.4) is 0 Å². The number of hydrazone groups is 1. The molecule has 1 N–H and O–H groups in total. The van der Waals surface area contributed by atoms with Gasteiger partial charge in [-0.2, -0.15) is 5.10 Å². The Morgan fingerprint density at radius 3 is 2.44 bits per heavy atom. The number of carbonyl (C=O) groups is 2. The maximum atomic E-state index is 12.2. The highest BCUT2D eigenvalue weighted by Gasteiger charge is 2.34. The summed E-state index contributed by atoms with van der Waals surface area (Å²) in [6.45, 7) is 0.277. The van der Waals surface area contributed by atoms with Gasteiger partial charge in [0.2, 0.25) is 0 Å². The van der Waals surface area contributed by atoms with Crippen LogP contribution >= 0.6 is 11.6 Å². The number of nitrogens with one attached hydrogen (secondary N) is 1. The van der Waals surface area contributed by atoms with Crippen LogP contribution in [0.5, 0.6) is 0 Å². The van der Waals surface area contributed by atoms with E-state index in [0.29, 0.717) is 24.0 Å². The molecule has 138 valence electrons. The molecule has 2 aromatic carbocycles. The number of nitro groups is 1. The number of nitro benzene ring substituents is 1. The lowest BCUT2D eigenvalue weighted by atomic mass is 10.1. The first-order valence-corrected chi connectivity index (χ1v) is 8.53. The number of amides is 2. The van der Waals surface area contributed by atoms with Gasteiger partial charge in [-0.25, -0.2) is 0 Å². The maximum absolute atomic E-state index is 12.2. The van der Waals surface area contributed by atoms with Crippen molar-refractivity contribution in [2.75, 3.05) is 12.0 Å². The van der Waals surface area contributed by atoms with Crippen molar-refractivity contribution < 1.29 is 14.5 Å². The predicted octanol–water partition coefficient (Wildman–Crippen LogP) is 3.72. The van der Waals surface area contributed by atoms with Crippen molar-refractivity contribution in [2.24, 2.45) is 5.10 Å². The van der Waals surface area contributed by atoms with E-state index >= 15 is 0 Å². The van der Waals surface area contributed by atoms with Gasteiger partial charge in [0.15, 0.2) is 0 Å². The van der Waals surface area contributed by atoms with Crippen molar-refractivity contribution in [1.29, 1.82) is 0 Å². The van der Waals surface area contributed by atoms with E-state index in [2.05, 4.69) is 10.5 Å². The van der Waals surface area contributed by atoms with Gasteiger partial charge in [0.1, 0.15) is 5.69 Å². The van der Waals surface area contributed by atoms with Gasteiger partial charge in [-0.1, -0.05) is 23.7 Å². The smallest absolute Gasteiger partial charge is 0.274 e. The SMILES string of the molecule is O=C1c2ccccc2C(=O)N1CCC/C=N/Nc1ccc(Cl)cc1[N+](=O)[O-]. The van der Waals surface area contributed by atoms with Crippen molar-refractivity contribution in [3.05, 3.63) is 68.7 Å². The Kier molecular flexibility index (Phi) is 5.46. The monoisotopic (exact) mass is 386 g/mol. The number of rotatable bonds is 7. The predicted molar refractivity (Wildman–Crippen MR) is 101 cm³/mol. The molecule has 0 saturated carbocycles. The fraction of sp³-hybridized carbons (Fsp3) is 0.167. The number of hydrogen-bond donors (Lipinski definition) is 1. The first kappa shape index (κ1) is 18.5. The zero-order valence-electron chi connectivity index (χ0n) is 14.1. The van der Waals surface area contributed by atoms with E-state index in [1.165, 1.54) is 29.3 Å². The van der Waals surface area contributed by atoms with Crippen LogP contribution in [0, 0.1) is 10.1 Å². The summed E-state index contributed by atoms with van der Waals surface area (Å²) in [5, 5.41) is 15.2. The van der Waals surface area contributed by atoms with Crippen molar-refractivity contribution in [2.45, 2.75) is 12.8 Å². The van der Waals surface area contributed by atoms with Crippen LogP contribution in [-0.2, 0) is 0 Å². The van der Waals surface area contributed by atoms with Gasteiger partial charge in [0.05, 0.1) is 16.1 Å². The lowest BCUT2D eigenvalue weighted by Gasteiger charge is -2.12. The van der Waals surface area contributed by atoms with E-state index in [0.717, 1.165) is 0 Å². The van der Waals surface area contributed by atoms with Crippen molar-refractivity contribution in [1.82, 2.24) is 4.90 Å². The standard InChI is InChI=1S/C18H15ClN4O4/c19-12-7-8-15(16(11-12)23(26)27)21-20-9-3-4-10-22-17(24)13-5-1-2-6-14(13)18(22)25/h1-2,5-9,11,21H,3-4,10H2/b20-9+. The normalized spacial score (nSPS) is 13.3. The highest BCUT2D eigenvalue weighted by Crippen LogP contribution is 2.27. The lowest BCUT2D eigenvalue weighted by molar-refractivity contribution is -0.383. The van der Waals surface area contributed by atoms with E-state index in [1.807, 2.05) is 0 Å². The van der Waals surface area contributed by atoms with Gasteiger partial charge >= 0.3 is 0 Å². The summed E-state index contributed by atoms with van der Waals surface area (Å²) < 4.78 is 0. The third-order valence-electron chi connectivity index (χ3n) is 4.03. The third kappa shape index (κ3) is 3.95. The van der Waals surface area contributed by atoms with E-state index in [1.54, 1.807) is 24.3 Å². The molecule has 0 spiro atoms. The average molecular weight is 387 g/mol. The number of unbranched alkanes of at least 4 members (excludes halogenated alkanes) is 1. The van der Waals surface area contributed by atoms with Gasteiger partial charge in [-0.3, -0.25) is 30.0 Å². The second kappa shape index (κ2) is 7.96. The number of carbonyl (C=O) groups excluding carboxylic acids is 2. The molecule has 0 fully saturated rings. The van der Waals surface area contributed by atoms with Gasteiger partial charge in [-0.15, -0.1) is 0 Å². The summed E-state index contributed by atoms with van der Waals surface area (Å²) in [5.41, 5.74) is 3.50. The van der Waals surface area contributed by atoms with Gasteiger partial charge in [0.25, 0.3) is 17.5 Å². The second-order valence-electron chi connectivity index (χ2n) is 5.79. The molecule has 27 heavy (non-hydrogen) atoms. The number of imide groups is 1. The minimum atomic E-state index is -0.550. The molecule has 0 unspecified atom stereocenters. The minimum Gasteiger partial charge on any atom is -0.274 e. The minimum absolute atomic E-state index is 0.175. The molecule has 0 aliphatic carbocycles. The molecule has 0 aromatic heterocycles. The van der Waals surface area contributed by atoms with Crippen LogP contribution in [0.1, 0.15) is 33.6 Å². The Morgan fingerprint density at radius 1 is 1.15 bits per heavy atom. The quantitative estimate of drug-likeness (QED) is 0.256. The Hall–Kier alpha value is -3.26. The van der Waals surface area contributed by atoms with Crippen molar-refractivity contribution in [3.8, 4) is 0 Å². The fourth-order valence-corrected chi connectivity index (χ4v) is 2.88. The van der Waals surface area contributed by atoms with Crippen LogP contribution in [0.15, 0.2) is 47.6 Å². The number of halogens is 1. The van der Waals surface area contributed by atoms with Crippen LogP contribution in [0.25, 0.3) is 0 Å². The molecule has 1 heterocycles. The van der Waals surface area contributed by atoms with Gasteiger partial charge in [-0.05, 0) is 37.1 Å². The zero-order chi connectivity index (χ0) is 19.4. The zero-order valence-corrected chi connectivity index (χ0v) is 14.8. The van der Waals surface area contributed by atoms with E-state index in [-0.39, 0.29) is 34.8 Å². The molecule has 0 bridgehead atoms. The molecule has 0 atom stereocenters. The molecule has 1 aliphatic heterocycles. The first-order valence-electron chi connectivity index (χ1n) is 8.15. The molecule has 1 aliphatic rings. The molecule has 2 amide bonds. The molecule has 0 radical (unpaired) electrons. The molecular formula is C18H15ClN4O4. The third-order valence-corrected chi connectivity index (χ3v) is 4.26. The number of anilines is 1. The maximum Gasteiger partial charge on any atom is 0.295 e. The fourth-order valence-electron chi connectivity index (χ4n) is 2.71. The summed E-state index contributed by atoms with van der Waals surface area (Å²) in [7, 11) is 0. The van der Waals surface area contributed by atoms with Crippen LogP contribution in [0.4, 0.5) is 11.4 Å². The Labute approximate surface area is 159 Å². The van der Waals surface area contributed by atoms with Crippen LogP contribution in [0.2, 0.25) is 5.02 Å². The summed E-state index contributed by atoms with van der Waals surface area (Å²) in [4.78, 5) is 36.1. The molecular weight excluding hydrogens is 372 g/mol. The van der Waals surface area contributed by atoms with E-state index < -0.39 is 4.92 Å². The summed E-state index contributed by atoms with van der Waals surface area (Å²) in [5.74, 6) is -0.579. The van der Waals surface area contributed by atoms with E-state index in [9.17, 15) is 19.7 Å². The lowest BCUT2D eigenvalue weighted by Crippen LogP contribution is -2.30.